The van der Waals surface area contributed by atoms with Crippen molar-refractivity contribution in [3.05, 3.63) is 0 Å². The van der Waals surface area contributed by atoms with Gasteiger partial charge in [-0.1, -0.05) is 6.92 Å². The van der Waals surface area contributed by atoms with E-state index >= 15 is 0 Å². The largest absolute Gasteiger partial charge is 0.444 e. The highest BCUT2D eigenvalue weighted by molar-refractivity contribution is 5.72. The second kappa shape index (κ2) is 3.74. The Balaban J connectivity index is 2.41. The lowest BCUT2D eigenvalue weighted by Gasteiger charge is -2.44. The molecular formula is C8H14N2O3. The second-order valence-corrected chi connectivity index (χ2v) is 3.30. The van der Waals surface area contributed by atoms with Gasteiger partial charge in [0.2, 0.25) is 5.91 Å². The maximum atomic E-state index is 10.7. The fraction of sp³-hybridized carbons (Fsp3) is 0.750. The molecule has 1 aliphatic rings. The molecule has 13 heavy (non-hydrogen) atoms. The van der Waals surface area contributed by atoms with E-state index in [1.54, 1.807) is 5.01 Å². The number of hydrazine groups is 1. The molecule has 2 atom stereocenters. The molecule has 1 fully saturated rings. The van der Waals surface area contributed by atoms with Gasteiger partial charge >= 0.3 is 5.97 Å². The van der Waals surface area contributed by atoms with Crippen molar-refractivity contribution in [1.29, 1.82) is 0 Å². The van der Waals surface area contributed by atoms with Crippen LogP contribution >= 0.6 is 0 Å². The fourth-order valence-electron chi connectivity index (χ4n) is 1.33. The molecule has 0 saturated carbocycles. The summed E-state index contributed by atoms with van der Waals surface area (Å²) < 4.78 is 4.98. The van der Waals surface area contributed by atoms with E-state index in [-0.39, 0.29) is 24.0 Å². The van der Waals surface area contributed by atoms with Gasteiger partial charge in [-0.15, -0.1) is 0 Å². The van der Waals surface area contributed by atoms with Crippen LogP contribution in [0.1, 0.15) is 20.8 Å². The van der Waals surface area contributed by atoms with Crippen LogP contribution in [0.5, 0.6) is 0 Å². The number of amides is 1. The number of ether oxygens (including phenoxy) is 1. The first-order valence-corrected chi connectivity index (χ1v) is 4.22. The van der Waals surface area contributed by atoms with E-state index in [0.29, 0.717) is 0 Å². The average molecular weight is 186 g/mol. The van der Waals surface area contributed by atoms with Gasteiger partial charge in [0.15, 0.2) is 6.23 Å². The Morgan fingerprint density at radius 1 is 1.46 bits per heavy atom. The third-order valence-corrected chi connectivity index (χ3v) is 1.87. The zero-order valence-electron chi connectivity index (χ0n) is 8.03. The molecule has 1 saturated heterocycles. The quantitative estimate of drug-likeness (QED) is 0.611. The predicted molar refractivity (Wildman–Crippen MR) is 45.2 cm³/mol. The molecule has 0 aromatic heterocycles. The standard InChI is InChI=1S/C8H14N2O3/c1-5-4-10(9-6(2)11)8(5)13-7(3)12/h5,8H,4H2,1-3H3,(H,9,11). The third-order valence-electron chi connectivity index (χ3n) is 1.87. The van der Waals surface area contributed by atoms with Gasteiger partial charge in [0.05, 0.1) is 0 Å². The minimum atomic E-state index is -0.327. The Morgan fingerprint density at radius 2 is 2.08 bits per heavy atom. The minimum Gasteiger partial charge on any atom is -0.444 e. The molecule has 5 heteroatoms. The molecule has 2 unspecified atom stereocenters. The molecule has 74 valence electrons. The smallest absolute Gasteiger partial charge is 0.304 e. The van der Waals surface area contributed by atoms with Gasteiger partial charge in [-0.3, -0.25) is 15.0 Å². The second-order valence-electron chi connectivity index (χ2n) is 3.30. The monoisotopic (exact) mass is 186 g/mol. The average Bonchev–Trinajstić information content (AvgIpc) is 1.99. The van der Waals surface area contributed by atoms with E-state index < -0.39 is 0 Å². The van der Waals surface area contributed by atoms with Crippen molar-refractivity contribution in [2.24, 2.45) is 5.92 Å². The number of carbonyl (C=O) groups is 2. The van der Waals surface area contributed by atoms with Gasteiger partial charge in [-0.2, -0.15) is 5.01 Å². The zero-order valence-corrected chi connectivity index (χ0v) is 8.03. The normalized spacial score (nSPS) is 27.6. The summed E-state index contributed by atoms with van der Waals surface area (Å²) in [5, 5.41) is 1.62. The summed E-state index contributed by atoms with van der Waals surface area (Å²) in [4.78, 5) is 21.4. The summed E-state index contributed by atoms with van der Waals surface area (Å²) in [6.45, 7) is 5.47. The first-order valence-electron chi connectivity index (χ1n) is 4.22. The minimum absolute atomic E-state index is 0.149. The lowest BCUT2D eigenvalue weighted by molar-refractivity contribution is -0.197. The topological polar surface area (TPSA) is 58.6 Å². The number of nitrogens with one attached hydrogen (secondary N) is 1. The molecule has 5 nitrogen and oxygen atoms in total. The number of rotatable bonds is 2. The molecule has 0 aromatic carbocycles. The van der Waals surface area contributed by atoms with Crippen LogP contribution in [0.4, 0.5) is 0 Å². The predicted octanol–water partition coefficient (Wildman–Crippen LogP) is -0.122. The highest BCUT2D eigenvalue weighted by Gasteiger charge is 2.38. The summed E-state index contributed by atoms with van der Waals surface area (Å²) in [6, 6.07) is 0. The maximum Gasteiger partial charge on any atom is 0.304 e. The van der Waals surface area contributed by atoms with E-state index in [1.165, 1.54) is 13.8 Å². The number of hydrogen-bond donors (Lipinski definition) is 1. The summed E-state index contributed by atoms with van der Waals surface area (Å²) in [5.41, 5.74) is 2.58. The van der Waals surface area contributed by atoms with Crippen molar-refractivity contribution in [2.45, 2.75) is 27.0 Å². The van der Waals surface area contributed by atoms with Gasteiger partial charge in [-0.25, -0.2) is 0 Å². The highest BCUT2D eigenvalue weighted by Crippen LogP contribution is 2.22. The lowest BCUT2D eigenvalue weighted by atomic mass is 10.0. The third kappa shape index (κ3) is 2.42. The highest BCUT2D eigenvalue weighted by atomic mass is 16.6. The van der Waals surface area contributed by atoms with Crippen LogP contribution in [-0.2, 0) is 14.3 Å². The fourth-order valence-corrected chi connectivity index (χ4v) is 1.33. The Labute approximate surface area is 77.0 Å². The number of hydrogen-bond acceptors (Lipinski definition) is 4. The SMILES string of the molecule is CC(=O)NN1CC(C)C1OC(C)=O. The molecule has 0 bridgehead atoms. The summed E-state index contributed by atoms with van der Waals surface area (Å²) in [6.07, 6.45) is -0.304. The molecule has 0 radical (unpaired) electrons. The molecule has 1 N–H and O–H groups in total. The zero-order chi connectivity index (χ0) is 10.0. The molecule has 1 aliphatic heterocycles. The lowest BCUT2D eigenvalue weighted by Crippen LogP contribution is -2.63. The molecule has 1 amide bonds. The van der Waals surface area contributed by atoms with Crippen molar-refractivity contribution in [3.8, 4) is 0 Å². The molecular weight excluding hydrogens is 172 g/mol. The van der Waals surface area contributed by atoms with Crippen LogP contribution in [0.3, 0.4) is 0 Å². The first kappa shape index (κ1) is 9.98. The first-order chi connectivity index (χ1) is 6.00. The summed E-state index contributed by atoms with van der Waals surface area (Å²) in [7, 11) is 0. The Kier molecular flexibility index (Phi) is 2.87. The van der Waals surface area contributed by atoms with Gasteiger partial charge in [0, 0.05) is 26.3 Å². The van der Waals surface area contributed by atoms with Crippen molar-refractivity contribution < 1.29 is 14.3 Å². The van der Waals surface area contributed by atoms with Gasteiger partial charge in [-0.05, 0) is 0 Å². The molecule has 1 rings (SSSR count). The Morgan fingerprint density at radius 3 is 2.46 bits per heavy atom. The van der Waals surface area contributed by atoms with Gasteiger partial charge in [0.1, 0.15) is 0 Å². The number of nitrogens with zero attached hydrogens (tertiary/aromatic N) is 1. The molecule has 0 spiro atoms. The summed E-state index contributed by atoms with van der Waals surface area (Å²) in [5.74, 6) is -0.202. The number of esters is 1. The molecule has 0 aliphatic carbocycles. The van der Waals surface area contributed by atoms with Crippen LogP contribution in [0, 0.1) is 5.92 Å². The Bertz CT molecular complexity index is 229. The van der Waals surface area contributed by atoms with Crippen molar-refractivity contribution in [3.63, 3.8) is 0 Å². The maximum absolute atomic E-state index is 10.7. The number of carbonyl (C=O) groups excluding carboxylic acids is 2. The van der Waals surface area contributed by atoms with Gasteiger partial charge < -0.3 is 4.74 Å². The Hall–Kier alpha value is -1.10. The van der Waals surface area contributed by atoms with E-state index in [1.807, 2.05) is 6.92 Å². The van der Waals surface area contributed by atoms with Crippen molar-refractivity contribution >= 4 is 11.9 Å². The van der Waals surface area contributed by atoms with Crippen molar-refractivity contribution in [1.82, 2.24) is 10.4 Å². The van der Waals surface area contributed by atoms with E-state index in [2.05, 4.69) is 5.43 Å². The van der Waals surface area contributed by atoms with Crippen LogP contribution < -0.4 is 5.43 Å². The van der Waals surface area contributed by atoms with E-state index in [4.69, 9.17) is 4.74 Å². The van der Waals surface area contributed by atoms with Crippen LogP contribution in [0.15, 0.2) is 0 Å². The van der Waals surface area contributed by atoms with Crippen LogP contribution in [-0.4, -0.2) is 29.7 Å². The van der Waals surface area contributed by atoms with E-state index in [9.17, 15) is 9.59 Å². The summed E-state index contributed by atoms with van der Waals surface area (Å²) >= 11 is 0. The molecule has 1 heterocycles. The molecule has 0 aromatic rings. The van der Waals surface area contributed by atoms with Crippen LogP contribution in [0.2, 0.25) is 0 Å². The van der Waals surface area contributed by atoms with Crippen molar-refractivity contribution in [2.75, 3.05) is 6.54 Å². The van der Waals surface area contributed by atoms with Crippen LogP contribution in [0.25, 0.3) is 0 Å². The van der Waals surface area contributed by atoms with E-state index in [0.717, 1.165) is 6.54 Å². The van der Waals surface area contributed by atoms with Gasteiger partial charge in [0.25, 0.3) is 0 Å².